The zero-order valence-corrected chi connectivity index (χ0v) is 16.5. The monoisotopic (exact) mass is 414 g/mol. The number of benzene rings is 1. The number of carbonyl (C=O) groups excluding carboxylic acids is 3. The summed E-state index contributed by atoms with van der Waals surface area (Å²) >= 11 is 1.23. The van der Waals surface area contributed by atoms with Crippen molar-refractivity contribution in [2.75, 3.05) is 19.0 Å². The van der Waals surface area contributed by atoms with E-state index in [9.17, 15) is 14.4 Å². The molecule has 3 rings (SSSR count). The van der Waals surface area contributed by atoms with E-state index in [1.807, 2.05) is 0 Å². The number of thiazole rings is 1. The van der Waals surface area contributed by atoms with E-state index in [0.717, 1.165) is 0 Å². The van der Waals surface area contributed by atoms with E-state index in [1.54, 1.807) is 35.8 Å². The number of nitrogens with two attached hydrogens (primary N) is 1. The number of hydrogen-bond acceptors (Lipinski definition) is 7. The molecule has 0 bridgehead atoms. The van der Waals surface area contributed by atoms with Crippen molar-refractivity contribution in [3.05, 3.63) is 47.1 Å². The Balaban J connectivity index is 1.61. The second kappa shape index (κ2) is 8.57. The third kappa shape index (κ3) is 4.79. The van der Waals surface area contributed by atoms with E-state index in [4.69, 9.17) is 15.2 Å². The molecule has 2 amide bonds. The average molecular weight is 414 g/mol. The number of anilines is 1. The number of ketones is 1. The number of rotatable bonds is 8. The molecule has 1 aromatic carbocycles. The molecule has 0 saturated carbocycles. The van der Waals surface area contributed by atoms with Crippen molar-refractivity contribution in [3.63, 3.8) is 0 Å². The first-order chi connectivity index (χ1) is 13.9. The lowest BCUT2D eigenvalue weighted by Crippen LogP contribution is -2.20. The maximum atomic E-state index is 12.2. The van der Waals surface area contributed by atoms with E-state index in [2.05, 4.69) is 15.3 Å². The first kappa shape index (κ1) is 20.1. The van der Waals surface area contributed by atoms with Crippen LogP contribution in [0.3, 0.4) is 0 Å². The van der Waals surface area contributed by atoms with Crippen LogP contribution in [0.5, 0.6) is 11.5 Å². The fourth-order valence-corrected chi connectivity index (χ4v) is 3.19. The summed E-state index contributed by atoms with van der Waals surface area (Å²) in [6.07, 6.45) is 1.61. The quantitative estimate of drug-likeness (QED) is 0.484. The van der Waals surface area contributed by atoms with Gasteiger partial charge in [0.1, 0.15) is 5.69 Å². The molecule has 29 heavy (non-hydrogen) atoms. The number of nitrogens with one attached hydrogen (secondary N) is 2. The van der Waals surface area contributed by atoms with Crippen molar-refractivity contribution in [1.82, 2.24) is 9.97 Å². The Morgan fingerprint density at radius 1 is 1.24 bits per heavy atom. The molecule has 0 aliphatic heterocycles. The minimum atomic E-state index is -0.566. The van der Waals surface area contributed by atoms with Crippen molar-refractivity contribution < 1.29 is 23.9 Å². The van der Waals surface area contributed by atoms with Crippen LogP contribution in [-0.4, -0.2) is 41.3 Å². The van der Waals surface area contributed by atoms with Crippen molar-refractivity contribution in [1.29, 1.82) is 0 Å². The number of aromatic amines is 1. The van der Waals surface area contributed by atoms with Gasteiger partial charge in [-0.3, -0.25) is 19.7 Å². The van der Waals surface area contributed by atoms with Gasteiger partial charge in [-0.2, -0.15) is 0 Å². The highest BCUT2D eigenvalue weighted by Gasteiger charge is 2.13. The molecular formula is C19H18N4O5S. The van der Waals surface area contributed by atoms with Crippen LogP contribution in [0.4, 0.5) is 5.13 Å². The van der Waals surface area contributed by atoms with Crippen LogP contribution < -0.4 is 20.5 Å². The maximum Gasteiger partial charge on any atom is 0.265 e. The summed E-state index contributed by atoms with van der Waals surface area (Å²) in [4.78, 5) is 41.8. The number of hydrogen-bond donors (Lipinski definition) is 3. The number of nitrogens with zero attached hydrogens (tertiary/aromatic N) is 1. The largest absolute Gasteiger partial charge is 0.493 e. The van der Waals surface area contributed by atoms with E-state index in [-0.39, 0.29) is 18.1 Å². The number of amides is 2. The van der Waals surface area contributed by atoms with Crippen LogP contribution >= 0.6 is 11.3 Å². The van der Waals surface area contributed by atoms with Gasteiger partial charge in [0, 0.05) is 22.7 Å². The molecule has 0 saturated heterocycles. The van der Waals surface area contributed by atoms with Gasteiger partial charge in [-0.15, -0.1) is 11.3 Å². The van der Waals surface area contributed by atoms with E-state index < -0.39 is 11.8 Å². The van der Waals surface area contributed by atoms with Gasteiger partial charge < -0.3 is 20.2 Å². The molecule has 3 aromatic rings. The van der Waals surface area contributed by atoms with Crippen molar-refractivity contribution in [3.8, 4) is 22.8 Å². The molecule has 0 radical (unpaired) electrons. The summed E-state index contributed by atoms with van der Waals surface area (Å²) in [5, 5.41) is 4.77. The maximum absolute atomic E-state index is 12.2. The number of carbonyl (C=O) groups is 3. The Bertz CT molecular complexity index is 1070. The summed E-state index contributed by atoms with van der Waals surface area (Å²) in [5.74, 6) is -0.365. The van der Waals surface area contributed by atoms with Gasteiger partial charge in [-0.25, -0.2) is 4.98 Å². The average Bonchev–Trinajstić information content (AvgIpc) is 3.35. The van der Waals surface area contributed by atoms with Gasteiger partial charge in [0.25, 0.3) is 11.8 Å². The normalized spacial score (nSPS) is 10.4. The first-order valence-electron chi connectivity index (χ1n) is 8.43. The summed E-state index contributed by atoms with van der Waals surface area (Å²) in [5.41, 5.74) is 7.25. The predicted molar refractivity (Wildman–Crippen MR) is 108 cm³/mol. The molecule has 2 aromatic heterocycles. The van der Waals surface area contributed by atoms with Gasteiger partial charge in [-0.05, 0) is 31.2 Å². The van der Waals surface area contributed by atoms with Gasteiger partial charge in [0.15, 0.2) is 29.0 Å². The van der Waals surface area contributed by atoms with E-state index in [0.29, 0.717) is 33.5 Å². The summed E-state index contributed by atoms with van der Waals surface area (Å²) < 4.78 is 10.7. The Morgan fingerprint density at radius 3 is 2.69 bits per heavy atom. The smallest absolute Gasteiger partial charge is 0.265 e. The fourth-order valence-electron chi connectivity index (χ4n) is 2.45. The van der Waals surface area contributed by atoms with Crippen molar-refractivity contribution >= 4 is 34.1 Å². The zero-order chi connectivity index (χ0) is 21.0. The lowest BCUT2D eigenvalue weighted by Gasteiger charge is -2.11. The van der Waals surface area contributed by atoms with Gasteiger partial charge in [-0.1, -0.05) is 0 Å². The SMILES string of the molecule is COc1cc(C(C)=O)ccc1OCC(=O)Nc1nc(-c2c[nH]c(C(N)=O)c2)cs1. The minimum absolute atomic E-state index is 0.0995. The Kier molecular flexibility index (Phi) is 5.93. The Hall–Kier alpha value is -3.66. The summed E-state index contributed by atoms with van der Waals surface area (Å²) in [6.45, 7) is 1.19. The van der Waals surface area contributed by atoms with Crippen LogP contribution in [0.25, 0.3) is 11.3 Å². The molecule has 0 aliphatic rings. The highest BCUT2D eigenvalue weighted by Crippen LogP contribution is 2.29. The van der Waals surface area contributed by atoms with Gasteiger partial charge in [0.2, 0.25) is 0 Å². The number of ether oxygens (including phenoxy) is 2. The molecule has 0 atom stereocenters. The van der Waals surface area contributed by atoms with E-state index in [1.165, 1.54) is 25.4 Å². The lowest BCUT2D eigenvalue weighted by molar-refractivity contribution is -0.118. The molecule has 0 aliphatic carbocycles. The predicted octanol–water partition coefficient (Wildman–Crippen LogP) is 2.47. The van der Waals surface area contributed by atoms with Crippen LogP contribution in [0.1, 0.15) is 27.8 Å². The molecule has 9 nitrogen and oxygen atoms in total. The highest BCUT2D eigenvalue weighted by atomic mass is 32.1. The molecule has 2 heterocycles. The van der Waals surface area contributed by atoms with Gasteiger partial charge >= 0.3 is 0 Å². The molecule has 0 fully saturated rings. The van der Waals surface area contributed by atoms with E-state index >= 15 is 0 Å². The topological polar surface area (TPSA) is 136 Å². The molecular weight excluding hydrogens is 396 g/mol. The number of H-pyrrole nitrogens is 1. The second-order valence-electron chi connectivity index (χ2n) is 5.96. The molecule has 0 unspecified atom stereocenters. The number of methoxy groups -OCH3 is 1. The lowest BCUT2D eigenvalue weighted by atomic mass is 10.1. The molecule has 150 valence electrons. The third-order valence-electron chi connectivity index (χ3n) is 3.92. The van der Waals surface area contributed by atoms with Crippen LogP contribution in [0.15, 0.2) is 35.8 Å². The summed E-state index contributed by atoms with van der Waals surface area (Å²) in [6, 6.07) is 6.32. The van der Waals surface area contributed by atoms with Gasteiger partial charge in [0.05, 0.1) is 12.8 Å². The highest BCUT2D eigenvalue weighted by molar-refractivity contribution is 7.14. The standard InChI is InChI=1S/C19H18N4O5S/c1-10(24)11-3-4-15(16(6-11)27-2)28-8-17(25)23-19-22-14(9-29-19)12-5-13(18(20)26)21-7-12/h3-7,9,21H,8H2,1-2H3,(H2,20,26)(H,22,23,25). The van der Waals surface area contributed by atoms with Crippen molar-refractivity contribution in [2.24, 2.45) is 5.73 Å². The summed E-state index contributed by atoms with van der Waals surface area (Å²) in [7, 11) is 1.45. The Morgan fingerprint density at radius 2 is 2.03 bits per heavy atom. The number of primary amides is 1. The number of Topliss-reactive ketones (excluding diaryl/α,β-unsaturated/α-hetero) is 1. The van der Waals surface area contributed by atoms with Crippen LogP contribution in [0.2, 0.25) is 0 Å². The Labute approximate surface area is 169 Å². The minimum Gasteiger partial charge on any atom is -0.493 e. The molecule has 4 N–H and O–H groups in total. The first-order valence-corrected chi connectivity index (χ1v) is 9.31. The number of aromatic nitrogens is 2. The molecule has 10 heteroatoms. The van der Waals surface area contributed by atoms with Crippen LogP contribution in [0, 0.1) is 0 Å². The van der Waals surface area contributed by atoms with Crippen LogP contribution in [-0.2, 0) is 4.79 Å². The second-order valence-corrected chi connectivity index (χ2v) is 6.82. The zero-order valence-electron chi connectivity index (χ0n) is 15.6. The van der Waals surface area contributed by atoms with Crippen molar-refractivity contribution in [2.45, 2.75) is 6.92 Å². The fraction of sp³-hybridized carbons (Fsp3) is 0.158. The molecule has 0 spiro atoms. The third-order valence-corrected chi connectivity index (χ3v) is 4.68.